The minimum atomic E-state index is -0.887. The first-order chi connectivity index (χ1) is 11.7. The molecule has 0 radical (unpaired) electrons. The van der Waals surface area contributed by atoms with Gasteiger partial charge >= 0.3 is 5.97 Å². The summed E-state index contributed by atoms with van der Waals surface area (Å²) >= 11 is 0. The van der Waals surface area contributed by atoms with E-state index in [0.29, 0.717) is 52.8 Å². The van der Waals surface area contributed by atoms with Gasteiger partial charge in [-0.15, -0.1) is 0 Å². The number of carbonyl (C=O) groups excluding carboxylic acids is 1. The van der Waals surface area contributed by atoms with E-state index in [1.54, 1.807) is 0 Å². The van der Waals surface area contributed by atoms with Crippen LogP contribution < -0.4 is 5.32 Å². The zero-order valence-corrected chi connectivity index (χ0v) is 13.5. The molecule has 1 amide bonds. The van der Waals surface area contributed by atoms with Crippen molar-refractivity contribution < 1.29 is 33.6 Å². The Balaban J connectivity index is 3.11. The summed E-state index contributed by atoms with van der Waals surface area (Å²) in [5, 5.41) is 14.0. The molecule has 24 heavy (non-hydrogen) atoms. The number of rotatable bonds is 17. The van der Waals surface area contributed by atoms with E-state index in [9.17, 15) is 9.59 Å². The number of nitrogens with one attached hydrogen (secondary N) is 1. The molecular formula is C13H24N4O7. The van der Waals surface area contributed by atoms with E-state index in [1.807, 2.05) is 0 Å². The number of nitrogens with zero attached hydrogens (tertiary/aromatic N) is 3. The molecule has 0 bridgehead atoms. The molecular weight excluding hydrogens is 324 g/mol. The fourth-order valence-electron chi connectivity index (χ4n) is 1.34. The summed E-state index contributed by atoms with van der Waals surface area (Å²) in [4.78, 5) is 23.7. The fraction of sp³-hybridized carbons (Fsp3) is 0.846. The van der Waals surface area contributed by atoms with Crippen LogP contribution in [0.15, 0.2) is 5.11 Å². The molecule has 0 aliphatic carbocycles. The molecule has 0 unspecified atom stereocenters. The third kappa shape index (κ3) is 18.1. The van der Waals surface area contributed by atoms with Gasteiger partial charge in [-0.1, -0.05) is 5.11 Å². The zero-order chi connectivity index (χ0) is 17.9. The van der Waals surface area contributed by atoms with Gasteiger partial charge in [-0.3, -0.25) is 9.59 Å². The molecule has 0 spiro atoms. The Morgan fingerprint density at radius 1 is 0.917 bits per heavy atom. The molecule has 2 N–H and O–H groups in total. The van der Waals surface area contributed by atoms with Gasteiger partial charge in [0.25, 0.3) is 0 Å². The van der Waals surface area contributed by atoms with E-state index in [4.69, 9.17) is 29.6 Å². The van der Waals surface area contributed by atoms with Crippen LogP contribution in [0.5, 0.6) is 0 Å². The van der Waals surface area contributed by atoms with E-state index in [2.05, 4.69) is 15.3 Å². The van der Waals surface area contributed by atoms with E-state index in [0.717, 1.165) is 0 Å². The Kier molecular flexibility index (Phi) is 16.1. The van der Waals surface area contributed by atoms with E-state index in [1.165, 1.54) is 0 Å². The maximum Gasteiger partial charge on any atom is 0.305 e. The Morgan fingerprint density at radius 3 is 1.92 bits per heavy atom. The molecule has 0 aliphatic heterocycles. The predicted molar refractivity (Wildman–Crippen MR) is 82.6 cm³/mol. The molecule has 138 valence electrons. The second-order valence-electron chi connectivity index (χ2n) is 4.33. The molecule has 0 rings (SSSR count). The van der Waals surface area contributed by atoms with E-state index < -0.39 is 5.97 Å². The minimum absolute atomic E-state index is 0.0133. The maximum atomic E-state index is 11.0. The summed E-state index contributed by atoms with van der Waals surface area (Å²) in [6.07, 6.45) is -0.0133. The van der Waals surface area contributed by atoms with Gasteiger partial charge in [-0.25, -0.2) is 0 Å². The van der Waals surface area contributed by atoms with Crippen LogP contribution in [0.2, 0.25) is 0 Å². The van der Waals surface area contributed by atoms with Gasteiger partial charge in [0.2, 0.25) is 5.91 Å². The molecule has 0 saturated carbocycles. The third-order valence-corrected chi connectivity index (χ3v) is 2.42. The highest BCUT2D eigenvalue weighted by atomic mass is 16.6. The quantitative estimate of drug-likeness (QED) is 0.162. The number of carboxylic acids is 1. The van der Waals surface area contributed by atoms with Crippen LogP contribution in [0.1, 0.15) is 6.42 Å². The lowest BCUT2D eigenvalue weighted by atomic mass is 10.5. The number of ether oxygens (including phenoxy) is 4. The lowest BCUT2D eigenvalue weighted by Gasteiger charge is -2.07. The molecule has 0 saturated heterocycles. The first kappa shape index (κ1) is 22.1. The van der Waals surface area contributed by atoms with Crippen molar-refractivity contribution in [3.05, 3.63) is 10.4 Å². The van der Waals surface area contributed by atoms with Crippen LogP contribution in [0.3, 0.4) is 0 Å². The molecule has 11 nitrogen and oxygen atoms in total. The number of aliphatic carboxylic acids is 1. The normalized spacial score (nSPS) is 10.2. The second-order valence-corrected chi connectivity index (χ2v) is 4.33. The Bertz CT molecular complexity index is 389. The summed E-state index contributed by atoms with van der Waals surface area (Å²) in [5.74, 6) is -1.24. The van der Waals surface area contributed by atoms with Gasteiger partial charge in [0.15, 0.2) is 0 Å². The number of hydrogen-bond donors (Lipinski definition) is 2. The highest BCUT2D eigenvalue weighted by Crippen LogP contribution is 1.85. The van der Waals surface area contributed by atoms with E-state index >= 15 is 0 Å². The average Bonchev–Trinajstić information content (AvgIpc) is 2.56. The number of carbonyl (C=O) groups is 2. The summed E-state index contributed by atoms with van der Waals surface area (Å²) in [5.41, 5.74) is 8.03. The molecule has 0 aromatic rings. The molecule has 0 atom stereocenters. The van der Waals surface area contributed by atoms with Crippen LogP contribution in [0.25, 0.3) is 10.4 Å². The lowest BCUT2D eigenvalue weighted by molar-refractivity contribution is -0.138. The Hall–Kier alpha value is -1.91. The van der Waals surface area contributed by atoms with Crippen LogP contribution in [0, 0.1) is 0 Å². The molecule has 0 fully saturated rings. The van der Waals surface area contributed by atoms with E-state index in [-0.39, 0.29) is 25.5 Å². The van der Waals surface area contributed by atoms with Gasteiger partial charge in [-0.05, 0) is 5.53 Å². The first-order valence-corrected chi connectivity index (χ1v) is 7.47. The Morgan fingerprint density at radius 2 is 1.42 bits per heavy atom. The van der Waals surface area contributed by atoms with Crippen molar-refractivity contribution in [2.75, 3.05) is 65.9 Å². The van der Waals surface area contributed by atoms with Gasteiger partial charge < -0.3 is 29.4 Å². The number of carboxylic acid groups (broad SMARTS) is 1. The van der Waals surface area contributed by atoms with Crippen LogP contribution in [-0.2, 0) is 28.5 Å². The van der Waals surface area contributed by atoms with Crippen LogP contribution >= 0.6 is 0 Å². The van der Waals surface area contributed by atoms with Gasteiger partial charge in [-0.2, -0.15) is 0 Å². The van der Waals surface area contributed by atoms with Gasteiger partial charge in [0, 0.05) is 11.5 Å². The third-order valence-electron chi connectivity index (χ3n) is 2.42. The summed E-state index contributed by atoms with van der Waals surface area (Å²) in [7, 11) is 0. The summed E-state index contributed by atoms with van der Waals surface area (Å²) in [6.45, 7) is 3.01. The highest BCUT2D eigenvalue weighted by Gasteiger charge is 1.98. The molecule has 0 aromatic carbocycles. The molecule has 0 aromatic heterocycles. The monoisotopic (exact) mass is 348 g/mol. The van der Waals surface area contributed by atoms with Crippen LogP contribution in [-0.4, -0.2) is 82.9 Å². The second kappa shape index (κ2) is 17.4. The first-order valence-electron chi connectivity index (χ1n) is 7.47. The van der Waals surface area contributed by atoms with Crippen molar-refractivity contribution in [1.82, 2.24) is 5.32 Å². The van der Waals surface area contributed by atoms with Crippen molar-refractivity contribution in [3.63, 3.8) is 0 Å². The average molecular weight is 348 g/mol. The van der Waals surface area contributed by atoms with Gasteiger partial charge in [0.05, 0.1) is 59.3 Å². The van der Waals surface area contributed by atoms with Crippen molar-refractivity contribution in [1.29, 1.82) is 0 Å². The van der Waals surface area contributed by atoms with Crippen molar-refractivity contribution in [2.45, 2.75) is 6.42 Å². The topological polar surface area (TPSA) is 152 Å². The molecule has 11 heteroatoms. The number of hydrogen-bond acceptors (Lipinski definition) is 7. The largest absolute Gasteiger partial charge is 0.481 e. The molecule has 0 aliphatic rings. The number of azide groups is 1. The summed E-state index contributed by atoms with van der Waals surface area (Å²) < 4.78 is 20.8. The van der Waals surface area contributed by atoms with Crippen molar-refractivity contribution in [2.24, 2.45) is 5.11 Å². The smallest absolute Gasteiger partial charge is 0.305 e. The number of amides is 1. The lowest BCUT2D eigenvalue weighted by Crippen LogP contribution is -2.29. The summed E-state index contributed by atoms with van der Waals surface area (Å²) in [6, 6.07) is 0. The standard InChI is InChI=1S/C13H24N4O7/c14-17-16-11-12(18)15-2-4-22-6-8-24-10-9-23-7-5-21-3-1-13(19)20/h1-11H2,(H,15,18)(H,19,20). The zero-order valence-electron chi connectivity index (χ0n) is 13.5. The van der Waals surface area contributed by atoms with Crippen molar-refractivity contribution in [3.8, 4) is 0 Å². The Labute approximate surface area is 139 Å². The molecule has 0 heterocycles. The fourth-order valence-corrected chi connectivity index (χ4v) is 1.34. The minimum Gasteiger partial charge on any atom is -0.481 e. The predicted octanol–water partition coefficient (Wildman–Crippen LogP) is -0.0460. The van der Waals surface area contributed by atoms with Crippen molar-refractivity contribution >= 4 is 11.9 Å². The van der Waals surface area contributed by atoms with Gasteiger partial charge in [0.1, 0.15) is 6.54 Å². The SMILES string of the molecule is [N-]=[N+]=NCC(=O)NCCOCCOCCOCCOCCC(=O)O. The highest BCUT2D eigenvalue weighted by molar-refractivity contribution is 5.78. The van der Waals surface area contributed by atoms with Crippen LogP contribution in [0.4, 0.5) is 0 Å². The maximum absolute atomic E-state index is 11.0.